The topological polar surface area (TPSA) is 171 Å². The van der Waals surface area contributed by atoms with Gasteiger partial charge >= 0.3 is 6.09 Å². The molecule has 0 radical (unpaired) electrons. The van der Waals surface area contributed by atoms with E-state index in [1.165, 1.54) is 18.2 Å². The number of methoxy groups -OCH3 is 2. The Morgan fingerprint density at radius 3 is 2.14 bits per heavy atom. The minimum absolute atomic E-state index is 0.0480. The van der Waals surface area contributed by atoms with E-state index in [0.29, 0.717) is 35.8 Å². The first-order chi connectivity index (χ1) is 30.6. The number of halogens is 1. The second kappa shape index (κ2) is 22.3. The van der Waals surface area contributed by atoms with E-state index in [0.717, 1.165) is 22.4 Å². The Labute approximate surface area is 372 Å². The summed E-state index contributed by atoms with van der Waals surface area (Å²) in [5.74, 6) is 1.39. The highest BCUT2D eigenvalue weighted by molar-refractivity contribution is 7.46. The van der Waals surface area contributed by atoms with Gasteiger partial charge in [-0.1, -0.05) is 66.2 Å². The molecule has 17 heteroatoms. The van der Waals surface area contributed by atoms with Crippen molar-refractivity contribution in [3.63, 3.8) is 0 Å². The fraction of sp³-hybridized carbons (Fsp3) is 0.304. The molecular weight excluding hydrogens is 847 g/mol. The van der Waals surface area contributed by atoms with Gasteiger partial charge in [-0.05, 0) is 84.6 Å². The first-order valence-corrected chi connectivity index (χ1v) is 22.1. The maximum absolute atomic E-state index is 14.2. The summed E-state index contributed by atoms with van der Waals surface area (Å²) in [5.41, 5.74) is 2.91. The molecular formula is C46H48ClN6O9P. The highest BCUT2D eigenvalue weighted by atomic mass is 35.5. The summed E-state index contributed by atoms with van der Waals surface area (Å²) in [6.07, 6.45) is -0.241. The van der Waals surface area contributed by atoms with Crippen molar-refractivity contribution in [2.75, 3.05) is 58.8 Å². The molecule has 0 N–H and O–H groups in total. The molecule has 0 bridgehead atoms. The van der Waals surface area contributed by atoms with Crippen molar-refractivity contribution in [2.24, 2.45) is 10.2 Å². The van der Waals surface area contributed by atoms with Crippen LogP contribution in [0.25, 0.3) is 0 Å². The maximum Gasteiger partial charge on any atom is 0.411 e. The summed E-state index contributed by atoms with van der Waals surface area (Å²) in [4.78, 5) is 28.3. The number of hydrogen-bond acceptors (Lipinski definition) is 13. The highest BCUT2D eigenvalue weighted by Gasteiger charge is 2.43. The fourth-order valence-corrected chi connectivity index (χ4v) is 8.38. The number of likely N-dealkylation sites (tertiary alicyclic amines) is 1. The van der Waals surface area contributed by atoms with Gasteiger partial charge in [-0.2, -0.15) is 10.4 Å². The Hall–Kier alpha value is -6.14. The van der Waals surface area contributed by atoms with Crippen molar-refractivity contribution < 1.29 is 37.7 Å². The van der Waals surface area contributed by atoms with Crippen LogP contribution in [0.4, 0.5) is 27.5 Å². The van der Waals surface area contributed by atoms with Crippen LogP contribution in [-0.4, -0.2) is 82.0 Å². The van der Waals surface area contributed by atoms with Gasteiger partial charge in [0.05, 0.1) is 74.2 Å². The van der Waals surface area contributed by atoms with Crippen LogP contribution in [0.1, 0.15) is 36.5 Å². The van der Waals surface area contributed by atoms with E-state index in [4.69, 9.17) is 44.9 Å². The van der Waals surface area contributed by atoms with Crippen LogP contribution in [0.2, 0.25) is 5.02 Å². The standard InChI is InChI=1S/C46H48ClN6O9P/c1-5-51(37-18-16-36(17-19-37)49-50-44-25-20-38(53(55)56)29-43(44)47)32-59-45(54)52-30-42(62-63(4)61-27-9-26-48)28-39(52)31-60-46(33-10-7-6-8-11-33,34-12-21-40(57-2)22-13-34)35-14-23-41(58-3)24-15-35/h6-8,10-25,29,39,42H,5,9,27-28,30-32H2,1-4H3/t39?,42-,63?/m1/s1. The molecule has 63 heavy (non-hydrogen) atoms. The van der Waals surface area contributed by atoms with E-state index in [1.807, 2.05) is 109 Å². The predicted molar refractivity (Wildman–Crippen MR) is 240 cm³/mol. The highest BCUT2D eigenvalue weighted by Crippen LogP contribution is 2.44. The van der Waals surface area contributed by atoms with Crippen molar-refractivity contribution in [1.82, 2.24) is 4.90 Å². The number of carbonyl (C=O) groups excluding carboxylic acids is 1. The molecule has 2 unspecified atom stereocenters. The molecule has 1 fully saturated rings. The molecule has 6 rings (SSSR count). The zero-order chi connectivity index (χ0) is 44.8. The zero-order valence-corrected chi connectivity index (χ0v) is 37.0. The van der Waals surface area contributed by atoms with E-state index in [1.54, 1.807) is 31.3 Å². The molecule has 5 aromatic carbocycles. The molecule has 3 atom stereocenters. The maximum atomic E-state index is 14.2. The van der Waals surface area contributed by atoms with Gasteiger partial charge in [-0.3, -0.25) is 10.1 Å². The number of nitriles is 1. The third-order valence-electron chi connectivity index (χ3n) is 10.4. The fourth-order valence-electron chi connectivity index (χ4n) is 7.18. The van der Waals surface area contributed by atoms with Crippen molar-refractivity contribution in [3.05, 3.63) is 153 Å². The smallest absolute Gasteiger partial charge is 0.411 e. The van der Waals surface area contributed by atoms with Gasteiger partial charge in [0.15, 0.2) is 15.1 Å². The van der Waals surface area contributed by atoms with Crippen LogP contribution >= 0.6 is 20.0 Å². The lowest BCUT2D eigenvalue weighted by molar-refractivity contribution is -0.384. The molecule has 5 aromatic rings. The van der Waals surface area contributed by atoms with Gasteiger partial charge in [0.25, 0.3) is 5.69 Å². The van der Waals surface area contributed by atoms with Crippen LogP contribution in [0.5, 0.6) is 11.5 Å². The summed E-state index contributed by atoms with van der Waals surface area (Å²) in [7, 11) is 1.91. The zero-order valence-electron chi connectivity index (χ0n) is 35.3. The number of rotatable bonds is 20. The Kier molecular flexibility index (Phi) is 16.4. The number of hydrogen-bond donors (Lipinski definition) is 0. The molecule has 1 heterocycles. The lowest BCUT2D eigenvalue weighted by Gasteiger charge is -2.38. The summed E-state index contributed by atoms with van der Waals surface area (Å²) in [6.45, 7) is 4.85. The molecule has 328 valence electrons. The molecule has 0 saturated carbocycles. The number of non-ortho nitro benzene ring substituents is 1. The number of ether oxygens (including phenoxy) is 4. The van der Waals surface area contributed by atoms with Gasteiger partial charge in [0.1, 0.15) is 22.8 Å². The van der Waals surface area contributed by atoms with Crippen LogP contribution in [-0.2, 0) is 24.1 Å². The van der Waals surface area contributed by atoms with Gasteiger partial charge in [-0.15, -0.1) is 5.11 Å². The van der Waals surface area contributed by atoms with Crippen LogP contribution in [0, 0.1) is 21.4 Å². The minimum Gasteiger partial charge on any atom is -0.497 e. The first kappa shape index (κ1) is 46.4. The number of amides is 1. The number of benzene rings is 5. The monoisotopic (exact) mass is 894 g/mol. The van der Waals surface area contributed by atoms with Crippen molar-refractivity contribution in [1.29, 1.82) is 5.26 Å². The molecule has 1 amide bonds. The van der Waals surface area contributed by atoms with E-state index < -0.39 is 31.0 Å². The van der Waals surface area contributed by atoms with E-state index in [9.17, 15) is 14.9 Å². The first-order valence-electron chi connectivity index (χ1n) is 20.1. The molecule has 0 aliphatic carbocycles. The van der Waals surface area contributed by atoms with Crippen molar-refractivity contribution in [3.8, 4) is 17.6 Å². The Balaban J connectivity index is 1.23. The second-order valence-electron chi connectivity index (χ2n) is 14.3. The lowest BCUT2D eigenvalue weighted by atomic mass is 9.80. The van der Waals surface area contributed by atoms with E-state index in [-0.39, 0.29) is 49.7 Å². The SMILES string of the molecule is CCN(COC(=O)N1C[C@H](OP(C)OCCC#N)CC1COC(c1ccccc1)(c1ccc(OC)cc1)c1ccc(OC)cc1)c1ccc(N=Nc2ccc([N+](=O)[O-])cc2Cl)cc1. The molecule has 1 aliphatic rings. The summed E-state index contributed by atoms with van der Waals surface area (Å²) < 4.78 is 36.4. The number of anilines is 1. The Morgan fingerprint density at radius 1 is 0.937 bits per heavy atom. The normalized spacial score (nSPS) is 15.5. The van der Waals surface area contributed by atoms with E-state index >= 15 is 0 Å². The average molecular weight is 895 g/mol. The quantitative estimate of drug-likeness (QED) is 0.0138. The Morgan fingerprint density at radius 2 is 1.57 bits per heavy atom. The number of azo groups is 1. The number of nitro benzene ring substituents is 1. The summed E-state index contributed by atoms with van der Waals surface area (Å²) >= 11 is 6.18. The van der Waals surface area contributed by atoms with Gasteiger partial charge in [-0.25, -0.2) is 4.79 Å². The van der Waals surface area contributed by atoms with Crippen LogP contribution in [0.15, 0.2) is 132 Å². The number of nitrogens with zero attached hydrogens (tertiary/aromatic N) is 6. The Bertz CT molecular complexity index is 2300. The average Bonchev–Trinajstić information content (AvgIpc) is 3.72. The van der Waals surface area contributed by atoms with Crippen LogP contribution < -0.4 is 14.4 Å². The van der Waals surface area contributed by atoms with Gasteiger partial charge in [0, 0.05) is 31.0 Å². The third-order valence-corrected chi connectivity index (χ3v) is 11.9. The molecule has 0 aromatic heterocycles. The molecule has 0 spiro atoms. The second-order valence-corrected chi connectivity index (χ2v) is 16.0. The largest absolute Gasteiger partial charge is 0.497 e. The third kappa shape index (κ3) is 11.7. The van der Waals surface area contributed by atoms with Crippen molar-refractivity contribution >= 4 is 48.8 Å². The van der Waals surface area contributed by atoms with Crippen molar-refractivity contribution in [2.45, 2.75) is 37.5 Å². The van der Waals surface area contributed by atoms with Crippen LogP contribution in [0.3, 0.4) is 0 Å². The molecule has 1 aliphatic heterocycles. The predicted octanol–water partition coefficient (Wildman–Crippen LogP) is 10.9. The molecule has 1 saturated heterocycles. The summed E-state index contributed by atoms with van der Waals surface area (Å²) in [5, 5.41) is 28.6. The van der Waals surface area contributed by atoms with Gasteiger partial charge < -0.3 is 37.8 Å². The number of carbonyl (C=O) groups is 1. The van der Waals surface area contributed by atoms with E-state index in [2.05, 4.69) is 16.3 Å². The minimum atomic E-state index is -1.33. The number of nitro groups is 1. The lowest BCUT2D eigenvalue weighted by Crippen LogP contribution is -2.43. The summed E-state index contributed by atoms with van der Waals surface area (Å²) in [6, 6.07) is 38.2. The van der Waals surface area contributed by atoms with Gasteiger partial charge in [0.2, 0.25) is 0 Å². The molecule has 15 nitrogen and oxygen atoms in total.